The minimum absolute atomic E-state index is 0.176. The second kappa shape index (κ2) is 6.28. The van der Waals surface area contributed by atoms with Gasteiger partial charge in [0.25, 0.3) is 5.91 Å². The van der Waals surface area contributed by atoms with Crippen LogP contribution in [0, 0.1) is 6.92 Å². The molecule has 25 heavy (non-hydrogen) atoms. The molecule has 1 aromatic carbocycles. The van der Waals surface area contributed by atoms with Gasteiger partial charge in [0, 0.05) is 36.8 Å². The van der Waals surface area contributed by atoms with E-state index in [4.69, 9.17) is 4.42 Å². The van der Waals surface area contributed by atoms with Crippen molar-refractivity contribution in [2.45, 2.75) is 13.5 Å². The van der Waals surface area contributed by atoms with Crippen molar-refractivity contribution in [1.82, 2.24) is 9.55 Å². The van der Waals surface area contributed by atoms with Crippen LogP contribution < -0.4 is 5.32 Å². The summed E-state index contributed by atoms with van der Waals surface area (Å²) in [7, 11) is 0. The Hall–Kier alpha value is -3.34. The predicted octanol–water partition coefficient (Wildman–Crippen LogP) is 4.24. The lowest BCUT2D eigenvalue weighted by Crippen LogP contribution is -2.17. The van der Waals surface area contributed by atoms with Gasteiger partial charge >= 0.3 is 0 Å². The van der Waals surface area contributed by atoms with Gasteiger partial charge in [0.1, 0.15) is 5.69 Å². The van der Waals surface area contributed by atoms with Crippen molar-refractivity contribution in [3.63, 3.8) is 0 Å². The largest absolute Gasteiger partial charge is 0.463 e. The summed E-state index contributed by atoms with van der Waals surface area (Å²) in [5.41, 5.74) is 5.21. The Morgan fingerprint density at radius 3 is 2.64 bits per heavy atom. The van der Waals surface area contributed by atoms with Gasteiger partial charge < -0.3 is 14.3 Å². The molecular weight excluding hydrogens is 314 g/mol. The number of aryl methyl sites for hydroxylation is 1. The van der Waals surface area contributed by atoms with Crippen molar-refractivity contribution >= 4 is 22.7 Å². The molecule has 124 valence electrons. The Kier molecular flexibility index (Phi) is 3.82. The number of hydrogen-bond acceptors (Lipinski definition) is 3. The lowest BCUT2D eigenvalue weighted by Gasteiger charge is -2.11. The molecule has 3 aromatic heterocycles. The van der Waals surface area contributed by atoms with Crippen LogP contribution in [0.15, 0.2) is 71.6 Å². The van der Waals surface area contributed by atoms with Gasteiger partial charge in [0.05, 0.1) is 11.8 Å². The van der Waals surface area contributed by atoms with E-state index < -0.39 is 0 Å². The van der Waals surface area contributed by atoms with Crippen molar-refractivity contribution in [2.24, 2.45) is 0 Å². The molecule has 1 N–H and O–H groups in total. The van der Waals surface area contributed by atoms with Crippen LogP contribution in [0.25, 0.3) is 11.1 Å². The molecule has 4 aromatic rings. The molecule has 0 aliphatic rings. The van der Waals surface area contributed by atoms with E-state index in [2.05, 4.69) is 41.5 Å². The topological polar surface area (TPSA) is 60.1 Å². The fraction of sp³-hybridized carbons (Fsp3) is 0.100. The van der Waals surface area contributed by atoms with E-state index >= 15 is 0 Å². The average molecular weight is 331 g/mol. The normalized spacial score (nSPS) is 10.9. The monoisotopic (exact) mass is 331 g/mol. The Balaban J connectivity index is 1.69. The molecule has 1 amide bonds. The molecule has 0 radical (unpaired) electrons. The molecule has 0 aliphatic heterocycles. The second-order valence-corrected chi connectivity index (χ2v) is 5.96. The van der Waals surface area contributed by atoms with Gasteiger partial charge in [-0.3, -0.25) is 9.78 Å². The summed E-state index contributed by atoms with van der Waals surface area (Å²) in [5.74, 6) is -0.176. The van der Waals surface area contributed by atoms with E-state index in [0.29, 0.717) is 23.5 Å². The quantitative estimate of drug-likeness (QED) is 0.608. The van der Waals surface area contributed by atoms with E-state index in [0.717, 1.165) is 11.1 Å². The number of furan rings is 1. The standard InChI is InChI=1S/C20H17N3O2/c1-14-2-4-15(5-3-14)13-23-17-8-11-25-19(17)12-18(23)20(24)22-16-6-9-21-10-7-16/h2-12H,13H2,1H3,(H,21,22,24). The van der Waals surface area contributed by atoms with Gasteiger partial charge in [-0.2, -0.15) is 0 Å². The summed E-state index contributed by atoms with van der Waals surface area (Å²) in [5, 5.41) is 2.90. The van der Waals surface area contributed by atoms with Crippen LogP contribution in [0.1, 0.15) is 21.6 Å². The molecule has 0 saturated heterocycles. The Bertz CT molecular complexity index is 1010. The number of rotatable bonds is 4. The highest BCUT2D eigenvalue weighted by Crippen LogP contribution is 2.23. The summed E-state index contributed by atoms with van der Waals surface area (Å²) in [4.78, 5) is 16.7. The number of anilines is 1. The number of nitrogens with zero attached hydrogens (tertiary/aromatic N) is 2. The van der Waals surface area contributed by atoms with Crippen molar-refractivity contribution in [3.8, 4) is 0 Å². The summed E-state index contributed by atoms with van der Waals surface area (Å²) < 4.78 is 7.46. The SMILES string of the molecule is Cc1ccc(Cn2c(C(=O)Nc3ccncc3)cc3occc32)cc1. The maximum Gasteiger partial charge on any atom is 0.272 e. The zero-order valence-corrected chi connectivity index (χ0v) is 13.8. The highest BCUT2D eigenvalue weighted by atomic mass is 16.3. The molecule has 0 bridgehead atoms. The van der Waals surface area contributed by atoms with Crippen molar-refractivity contribution in [1.29, 1.82) is 0 Å². The van der Waals surface area contributed by atoms with Crippen molar-refractivity contribution in [2.75, 3.05) is 5.32 Å². The number of pyridine rings is 1. The zero-order chi connectivity index (χ0) is 17.2. The molecule has 0 spiro atoms. The molecule has 0 fully saturated rings. The van der Waals surface area contributed by atoms with E-state index in [1.807, 2.05) is 10.6 Å². The van der Waals surface area contributed by atoms with Crippen LogP contribution in [-0.2, 0) is 6.54 Å². The van der Waals surface area contributed by atoms with Gasteiger partial charge in [-0.1, -0.05) is 29.8 Å². The lowest BCUT2D eigenvalue weighted by atomic mass is 10.1. The number of carbonyl (C=O) groups excluding carboxylic acids is 1. The Labute approximate surface area is 144 Å². The fourth-order valence-corrected chi connectivity index (χ4v) is 2.84. The molecular formula is C20H17N3O2. The minimum atomic E-state index is -0.176. The molecule has 5 nitrogen and oxygen atoms in total. The molecule has 0 aliphatic carbocycles. The third-order valence-electron chi connectivity index (χ3n) is 4.15. The van der Waals surface area contributed by atoms with Gasteiger partial charge in [-0.25, -0.2) is 0 Å². The van der Waals surface area contributed by atoms with Gasteiger partial charge in [0.15, 0.2) is 5.58 Å². The summed E-state index contributed by atoms with van der Waals surface area (Å²) in [6.45, 7) is 2.66. The van der Waals surface area contributed by atoms with Crippen LogP contribution in [0.3, 0.4) is 0 Å². The number of fused-ring (bicyclic) bond motifs is 1. The van der Waals surface area contributed by atoms with Crippen LogP contribution in [0.4, 0.5) is 5.69 Å². The molecule has 4 rings (SSSR count). The first-order valence-corrected chi connectivity index (χ1v) is 8.04. The van der Waals surface area contributed by atoms with Gasteiger partial charge in [0.2, 0.25) is 0 Å². The molecule has 0 atom stereocenters. The zero-order valence-electron chi connectivity index (χ0n) is 13.8. The third kappa shape index (κ3) is 3.04. The second-order valence-electron chi connectivity index (χ2n) is 5.96. The number of aromatic nitrogens is 2. The maximum absolute atomic E-state index is 12.8. The maximum atomic E-state index is 12.8. The van der Waals surface area contributed by atoms with Crippen molar-refractivity contribution in [3.05, 3.63) is 84.0 Å². The number of benzene rings is 1. The van der Waals surface area contributed by atoms with E-state index in [9.17, 15) is 4.79 Å². The number of carbonyl (C=O) groups is 1. The van der Waals surface area contributed by atoms with E-state index in [-0.39, 0.29) is 5.91 Å². The number of amides is 1. The lowest BCUT2D eigenvalue weighted by molar-refractivity contribution is 0.101. The third-order valence-corrected chi connectivity index (χ3v) is 4.15. The van der Waals surface area contributed by atoms with Crippen LogP contribution in [0.5, 0.6) is 0 Å². The molecule has 0 saturated carbocycles. The van der Waals surface area contributed by atoms with Gasteiger partial charge in [-0.05, 0) is 24.6 Å². The summed E-state index contributed by atoms with van der Waals surface area (Å²) >= 11 is 0. The van der Waals surface area contributed by atoms with Gasteiger partial charge in [-0.15, -0.1) is 0 Å². The first-order valence-electron chi connectivity index (χ1n) is 8.04. The Morgan fingerprint density at radius 2 is 1.88 bits per heavy atom. The van der Waals surface area contributed by atoms with E-state index in [1.165, 1.54) is 5.56 Å². The number of hydrogen-bond donors (Lipinski definition) is 1. The van der Waals surface area contributed by atoms with Crippen molar-refractivity contribution < 1.29 is 9.21 Å². The highest BCUT2D eigenvalue weighted by Gasteiger charge is 2.18. The van der Waals surface area contributed by atoms with Crippen LogP contribution >= 0.6 is 0 Å². The summed E-state index contributed by atoms with van der Waals surface area (Å²) in [6.07, 6.45) is 4.93. The highest BCUT2D eigenvalue weighted by molar-refractivity contribution is 6.05. The minimum Gasteiger partial charge on any atom is -0.463 e. The summed E-state index contributed by atoms with van der Waals surface area (Å²) in [6, 6.07) is 15.5. The Morgan fingerprint density at radius 1 is 1.12 bits per heavy atom. The van der Waals surface area contributed by atoms with Crippen LogP contribution in [0.2, 0.25) is 0 Å². The van der Waals surface area contributed by atoms with E-state index in [1.54, 1.807) is 36.9 Å². The first kappa shape index (κ1) is 15.2. The predicted molar refractivity (Wildman–Crippen MR) is 96.7 cm³/mol. The smallest absolute Gasteiger partial charge is 0.272 e. The molecule has 3 heterocycles. The first-order chi connectivity index (χ1) is 12.2. The molecule has 5 heteroatoms. The fourth-order valence-electron chi connectivity index (χ4n) is 2.84. The number of nitrogens with one attached hydrogen (secondary N) is 1. The van der Waals surface area contributed by atoms with Crippen LogP contribution in [-0.4, -0.2) is 15.5 Å². The average Bonchev–Trinajstić information content (AvgIpc) is 3.20. The molecule has 0 unspecified atom stereocenters.